The highest BCUT2D eigenvalue weighted by molar-refractivity contribution is 9.10. The quantitative estimate of drug-likeness (QED) is 0.820. The van der Waals surface area contributed by atoms with Gasteiger partial charge in [0.05, 0.1) is 4.47 Å². The molecule has 1 heterocycles. The van der Waals surface area contributed by atoms with Crippen molar-refractivity contribution in [1.29, 1.82) is 0 Å². The Balaban J connectivity index is 2.03. The van der Waals surface area contributed by atoms with Crippen molar-refractivity contribution in [3.05, 3.63) is 58.1 Å². The van der Waals surface area contributed by atoms with Crippen molar-refractivity contribution in [1.82, 2.24) is 9.88 Å². The molecule has 20 heavy (non-hydrogen) atoms. The van der Waals surface area contributed by atoms with Crippen LogP contribution in [0.25, 0.3) is 0 Å². The predicted molar refractivity (Wildman–Crippen MR) is 84.3 cm³/mol. The molecule has 0 aliphatic carbocycles. The van der Waals surface area contributed by atoms with E-state index in [9.17, 15) is 4.39 Å². The highest BCUT2D eigenvalue weighted by Gasteiger charge is 2.07. The second kappa shape index (κ2) is 7.04. The Morgan fingerprint density at radius 1 is 1.35 bits per heavy atom. The molecule has 2 aromatic rings. The van der Waals surface area contributed by atoms with Crippen LogP contribution >= 0.6 is 15.9 Å². The Kier molecular flexibility index (Phi) is 5.38. The normalized spacial score (nSPS) is 12.6. The molecule has 1 atom stereocenters. The van der Waals surface area contributed by atoms with E-state index in [1.807, 2.05) is 12.1 Å². The Morgan fingerprint density at radius 2 is 2.15 bits per heavy atom. The standard InChI is InChI=1S/C16H20BrFN2/c1-3-7-19-12(2)14-6-8-20(11-14)10-13-4-5-16(18)15(17)9-13/h4-6,8-9,11-12,19H,3,7,10H2,1-2H3. The number of benzene rings is 1. The fourth-order valence-electron chi connectivity index (χ4n) is 2.14. The summed E-state index contributed by atoms with van der Waals surface area (Å²) in [5, 5.41) is 3.47. The predicted octanol–water partition coefficient (Wildman–Crippen LogP) is 4.50. The van der Waals surface area contributed by atoms with Crippen LogP contribution in [-0.4, -0.2) is 11.1 Å². The number of halogens is 2. The van der Waals surface area contributed by atoms with Gasteiger partial charge in [-0.25, -0.2) is 4.39 Å². The molecule has 0 aliphatic rings. The van der Waals surface area contributed by atoms with Crippen LogP contribution in [0.5, 0.6) is 0 Å². The minimum Gasteiger partial charge on any atom is -0.350 e. The van der Waals surface area contributed by atoms with E-state index in [1.165, 1.54) is 11.6 Å². The lowest BCUT2D eigenvalue weighted by molar-refractivity contribution is 0.569. The molecule has 1 N–H and O–H groups in total. The topological polar surface area (TPSA) is 17.0 Å². The summed E-state index contributed by atoms with van der Waals surface area (Å²) in [6.07, 6.45) is 5.34. The molecule has 0 saturated carbocycles. The molecule has 4 heteroatoms. The molecule has 2 nitrogen and oxygen atoms in total. The molecule has 1 aromatic carbocycles. The van der Waals surface area contributed by atoms with E-state index >= 15 is 0 Å². The van der Waals surface area contributed by atoms with E-state index < -0.39 is 0 Å². The molecule has 0 fully saturated rings. The van der Waals surface area contributed by atoms with Crippen molar-refractivity contribution in [3.63, 3.8) is 0 Å². The molecule has 0 bridgehead atoms. The first-order valence-electron chi connectivity index (χ1n) is 6.93. The summed E-state index contributed by atoms with van der Waals surface area (Å²) in [6, 6.07) is 7.63. The summed E-state index contributed by atoms with van der Waals surface area (Å²) in [4.78, 5) is 0. The van der Waals surface area contributed by atoms with Gasteiger partial charge < -0.3 is 9.88 Å². The summed E-state index contributed by atoms with van der Waals surface area (Å²) in [5.74, 6) is -0.223. The van der Waals surface area contributed by atoms with Gasteiger partial charge >= 0.3 is 0 Å². The van der Waals surface area contributed by atoms with Crippen LogP contribution in [0.15, 0.2) is 41.1 Å². The molecule has 1 unspecified atom stereocenters. The van der Waals surface area contributed by atoms with E-state index in [1.54, 1.807) is 0 Å². The number of hydrogen-bond donors (Lipinski definition) is 1. The monoisotopic (exact) mass is 338 g/mol. The van der Waals surface area contributed by atoms with Crippen molar-refractivity contribution in [3.8, 4) is 0 Å². The van der Waals surface area contributed by atoms with Gasteiger partial charge in [0.1, 0.15) is 5.82 Å². The highest BCUT2D eigenvalue weighted by atomic mass is 79.9. The smallest absolute Gasteiger partial charge is 0.137 e. The SMILES string of the molecule is CCCNC(C)c1ccn(Cc2ccc(F)c(Br)c2)c1. The molecule has 2 rings (SSSR count). The molecule has 0 saturated heterocycles. The van der Waals surface area contributed by atoms with Gasteiger partial charge in [-0.05, 0) is 65.1 Å². The fraction of sp³-hybridized carbons (Fsp3) is 0.375. The number of rotatable bonds is 6. The van der Waals surface area contributed by atoms with E-state index in [2.05, 4.69) is 58.1 Å². The van der Waals surface area contributed by atoms with Crippen LogP contribution in [0, 0.1) is 5.82 Å². The third kappa shape index (κ3) is 3.93. The lowest BCUT2D eigenvalue weighted by Crippen LogP contribution is -2.18. The average Bonchev–Trinajstić information content (AvgIpc) is 2.89. The van der Waals surface area contributed by atoms with Crippen LogP contribution in [0.1, 0.15) is 37.4 Å². The third-order valence-corrected chi connectivity index (χ3v) is 3.93. The van der Waals surface area contributed by atoms with Crippen LogP contribution < -0.4 is 5.32 Å². The molecule has 0 radical (unpaired) electrons. The van der Waals surface area contributed by atoms with Gasteiger partial charge in [0.15, 0.2) is 0 Å². The number of nitrogens with one attached hydrogen (secondary N) is 1. The Hall–Kier alpha value is -1.13. The van der Waals surface area contributed by atoms with Gasteiger partial charge in [0, 0.05) is 25.0 Å². The van der Waals surface area contributed by atoms with Crippen LogP contribution in [0.4, 0.5) is 4.39 Å². The lowest BCUT2D eigenvalue weighted by atomic mass is 10.2. The second-order valence-corrected chi connectivity index (χ2v) is 5.90. The van der Waals surface area contributed by atoms with Gasteiger partial charge in [-0.2, -0.15) is 0 Å². The number of hydrogen-bond acceptors (Lipinski definition) is 1. The number of nitrogens with zero attached hydrogens (tertiary/aromatic N) is 1. The maximum atomic E-state index is 13.2. The van der Waals surface area contributed by atoms with Crippen molar-refractivity contribution in [2.24, 2.45) is 0 Å². The average molecular weight is 339 g/mol. The van der Waals surface area contributed by atoms with E-state index in [-0.39, 0.29) is 5.82 Å². The number of aromatic nitrogens is 1. The highest BCUT2D eigenvalue weighted by Crippen LogP contribution is 2.19. The molecular weight excluding hydrogens is 319 g/mol. The largest absolute Gasteiger partial charge is 0.350 e. The first-order valence-corrected chi connectivity index (χ1v) is 7.72. The first kappa shape index (κ1) is 15.3. The molecule has 0 amide bonds. The van der Waals surface area contributed by atoms with Crippen molar-refractivity contribution in [2.45, 2.75) is 32.9 Å². The summed E-state index contributed by atoms with van der Waals surface area (Å²) in [5.41, 5.74) is 2.36. The minimum absolute atomic E-state index is 0.223. The maximum Gasteiger partial charge on any atom is 0.137 e. The second-order valence-electron chi connectivity index (χ2n) is 5.04. The zero-order valence-corrected chi connectivity index (χ0v) is 13.5. The van der Waals surface area contributed by atoms with Crippen LogP contribution in [0.2, 0.25) is 0 Å². The minimum atomic E-state index is -0.223. The third-order valence-electron chi connectivity index (χ3n) is 3.32. The van der Waals surface area contributed by atoms with Gasteiger partial charge in [-0.15, -0.1) is 0 Å². The van der Waals surface area contributed by atoms with Crippen molar-refractivity contribution < 1.29 is 4.39 Å². The van der Waals surface area contributed by atoms with Gasteiger partial charge in [-0.1, -0.05) is 13.0 Å². The van der Waals surface area contributed by atoms with Gasteiger partial charge in [-0.3, -0.25) is 0 Å². The van der Waals surface area contributed by atoms with E-state index in [0.717, 1.165) is 25.1 Å². The van der Waals surface area contributed by atoms with Crippen LogP contribution in [0.3, 0.4) is 0 Å². The summed E-state index contributed by atoms with van der Waals surface area (Å²) >= 11 is 3.22. The molecule has 0 spiro atoms. The Labute approximate surface area is 128 Å². The first-order chi connectivity index (χ1) is 9.60. The maximum absolute atomic E-state index is 13.2. The molecule has 0 aliphatic heterocycles. The van der Waals surface area contributed by atoms with Crippen molar-refractivity contribution in [2.75, 3.05) is 6.54 Å². The van der Waals surface area contributed by atoms with Gasteiger partial charge in [0.25, 0.3) is 0 Å². The van der Waals surface area contributed by atoms with E-state index in [4.69, 9.17) is 0 Å². The van der Waals surface area contributed by atoms with Gasteiger partial charge in [0.2, 0.25) is 0 Å². The lowest BCUT2D eigenvalue weighted by Gasteiger charge is -2.11. The summed E-state index contributed by atoms with van der Waals surface area (Å²) < 4.78 is 15.8. The zero-order chi connectivity index (χ0) is 14.5. The van der Waals surface area contributed by atoms with Crippen LogP contribution in [-0.2, 0) is 6.54 Å². The summed E-state index contributed by atoms with van der Waals surface area (Å²) in [7, 11) is 0. The Bertz CT molecular complexity index is 565. The molecule has 1 aromatic heterocycles. The molecule has 108 valence electrons. The molecular formula is C16H20BrFN2. The Morgan fingerprint density at radius 3 is 2.85 bits per heavy atom. The van der Waals surface area contributed by atoms with E-state index in [0.29, 0.717) is 10.5 Å². The zero-order valence-electron chi connectivity index (χ0n) is 11.9. The summed E-state index contributed by atoms with van der Waals surface area (Å²) in [6.45, 7) is 6.11. The fourth-order valence-corrected chi connectivity index (χ4v) is 2.57. The van der Waals surface area contributed by atoms with Crippen molar-refractivity contribution >= 4 is 15.9 Å².